The second-order valence-corrected chi connectivity index (χ2v) is 1.92. The summed E-state index contributed by atoms with van der Waals surface area (Å²) in [5, 5.41) is 11.8. The predicted octanol–water partition coefficient (Wildman–Crippen LogP) is 0.544. The maximum absolute atomic E-state index is 8.82. The summed E-state index contributed by atoms with van der Waals surface area (Å²) < 4.78 is 0. The highest BCUT2D eigenvalue weighted by atomic mass is 35.5. The minimum absolute atomic E-state index is 0.424. The summed E-state index contributed by atoms with van der Waals surface area (Å²) in [5.41, 5.74) is 0. The highest BCUT2D eigenvalue weighted by Gasteiger charge is 2.05. The van der Waals surface area contributed by atoms with Crippen LogP contribution in [0.1, 0.15) is 0 Å². The molecule has 2 nitrogen and oxygen atoms in total. The van der Waals surface area contributed by atoms with Gasteiger partial charge in [-0.25, -0.2) is 0 Å². The normalized spacial score (nSPS) is 26.8. The van der Waals surface area contributed by atoms with E-state index in [2.05, 4.69) is 5.32 Å². The van der Waals surface area contributed by atoms with Crippen molar-refractivity contribution in [2.24, 2.45) is 0 Å². The van der Waals surface area contributed by atoms with Gasteiger partial charge in [0.05, 0.1) is 5.03 Å². The number of allylic oxidation sites excluding steroid dienone is 2. The van der Waals surface area contributed by atoms with Crippen LogP contribution in [0.2, 0.25) is 0 Å². The topological polar surface area (TPSA) is 32.3 Å². The van der Waals surface area contributed by atoms with Crippen molar-refractivity contribution in [1.82, 2.24) is 5.32 Å². The lowest BCUT2D eigenvalue weighted by atomic mass is 10.4. The van der Waals surface area contributed by atoms with Crippen LogP contribution in [-0.2, 0) is 0 Å². The summed E-state index contributed by atoms with van der Waals surface area (Å²) in [4.78, 5) is 0. The van der Waals surface area contributed by atoms with E-state index in [-0.39, 0.29) is 0 Å². The standard InChI is InChI=1S/C5H6ClNO/c6-4-2-1-3-7-5(4)8/h1-3,5,7-8H. The summed E-state index contributed by atoms with van der Waals surface area (Å²) in [7, 11) is 0. The molecule has 0 bridgehead atoms. The van der Waals surface area contributed by atoms with Crippen LogP contribution in [0, 0.1) is 0 Å². The number of aliphatic hydroxyl groups excluding tert-OH is 1. The molecule has 1 rings (SSSR count). The van der Waals surface area contributed by atoms with Gasteiger partial charge in [0.1, 0.15) is 0 Å². The van der Waals surface area contributed by atoms with E-state index >= 15 is 0 Å². The van der Waals surface area contributed by atoms with Gasteiger partial charge in [-0.05, 0) is 18.4 Å². The Morgan fingerprint density at radius 2 is 2.50 bits per heavy atom. The first-order valence-electron chi connectivity index (χ1n) is 2.27. The molecule has 0 aromatic rings. The molecular formula is C5H6ClNO. The van der Waals surface area contributed by atoms with Crippen molar-refractivity contribution in [1.29, 1.82) is 0 Å². The monoisotopic (exact) mass is 131 g/mol. The second-order valence-electron chi connectivity index (χ2n) is 1.48. The molecule has 0 fully saturated rings. The van der Waals surface area contributed by atoms with E-state index in [1.54, 1.807) is 18.4 Å². The van der Waals surface area contributed by atoms with E-state index < -0.39 is 6.23 Å². The molecular weight excluding hydrogens is 126 g/mol. The zero-order valence-electron chi connectivity index (χ0n) is 4.13. The summed E-state index contributed by atoms with van der Waals surface area (Å²) in [6.07, 6.45) is 4.30. The van der Waals surface area contributed by atoms with Crippen LogP contribution in [0.3, 0.4) is 0 Å². The zero-order chi connectivity index (χ0) is 5.98. The van der Waals surface area contributed by atoms with Crippen LogP contribution in [-0.4, -0.2) is 11.3 Å². The van der Waals surface area contributed by atoms with Crippen molar-refractivity contribution in [3.05, 3.63) is 23.4 Å². The first-order chi connectivity index (χ1) is 3.80. The highest BCUT2D eigenvalue weighted by molar-refractivity contribution is 6.30. The molecule has 1 unspecified atom stereocenters. The number of nitrogens with one attached hydrogen (secondary N) is 1. The van der Waals surface area contributed by atoms with Crippen LogP contribution in [0.15, 0.2) is 23.4 Å². The van der Waals surface area contributed by atoms with Crippen LogP contribution < -0.4 is 5.32 Å². The summed E-state index contributed by atoms with van der Waals surface area (Å²) >= 11 is 5.46. The third-order valence-corrected chi connectivity index (χ3v) is 1.20. The molecule has 2 N–H and O–H groups in total. The minimum atomic E-state index is -0.707. The van der Waals surface area contributed by atoms with Gasteiger partial charge >= 0.3 is 0 Å². The third kappa shape index (κ3) is 1.02. The van der Waals surface area contributed by atoms with Gasteiger partial charge < -0.3 is 10.4 Å². The molecule has 0 radical (unpaired) electrons. The van der Waals surface area contributed by atoms with Crippen molar-refractivity contribution in [3.8, 4) is 0 Å². The first kappa shape index (κ1) is 5.66. The molecule has 0 aliphatic carbocycles. The molecule has 0 amide bonds. The first-order valence-corrected chi connectivity index (χ1v) is 2.65. The quantitative estimate of drug-likeness (QED) is 0.503. The lowest BCUT2D eigenvalue weighted by molar-refractivity contribution is 0.196. The number of hydrogen-bond donors (Lipinski definition) is 2. The number of hydrogen-bond acceptors (Lipinski definition) is 2. The van der Waals surface area contributed by atoms with Gasteiger partial charge in [-0.3, -0.25) is 0 Å². The molecule has 0 saturated heterocycles. The molecule has 0 saturated carbocycles. The highest BCUT2D eigenvalue weighted by Crippen LogP contribution is 2.08. The Morgan fingerprint density at radius 3 is 2.88 bits per heavy atom. The number of halogens is 1. The maximum Gasteiger partial charge on any atom is 0.161 e. The minimum Gasteiger partial charge on any atom is -0.369 e. The fourth-order valence-electron chi connectivity index (χ4n) is 0.457. The number of rotatable bonds is 0. The molecule has 0 aromatic carbocycles. The van der Waals surface area contributed by atoms with Gasteiger partial charge in [-0.1, -0.05) is 11.6 Å². The van der Waals surface area contributed by atoms with Gasteiger partial charge in [-0.2, -0.15) is 0 Å². The molecule has 8 heavy (non-hydrogen) atoms. The smallest absolute Gasteiger partial charge is 0.161 e. The Bertz CT molecular complexity index is 141. The maximum atomic E-state index is 8.82. The Labute approximate surface area is 52.5 Å². The number of aliphatic hydroxyl groups is 1. The summed E-state index contributed by atoms with van der Waals surface area (Å²) in [6.45, 7) is 0. The van der Waals surface area contributed by atoms with Crippen molar-refractivity contribution < 1.29 is 5.11 Å². The lowest BCUT2D eigenvalue weighted by Gasteiger charge is -2.11. The predicted molar refractivity (Wildman–Crippen MR) is 32.2 cm³/mol. The average Bonchev–Trinajstić information content (AvgIpc) is 1.77. The van der Waals surface area contributed by atoms with E-state index in [0.29, 0.717) is 5.03 Å². The summed E-state index contributed by atoms with van der Waals surface area (Å²) in [5.74, 6) is 0. The Balaban J connectivity index is 2.66. The van der Waals surface area contributed by atoms with Crippen molar-refractivity contribution in [3.63, 3.8) is 0 Å². The molecule has 1 aliphatic heterocycles. The van der Waals surface area contributed by atoms with E-state index in [4.69, 9.17) is 16.7 Å². The van der Waals surface area contributed by atoms with E-state index in [9.17, 15) is 0 Å². The van der Waals surface area contributed by atoms with Crippen LogP contribution in [0.4, 0.5) is 0 Å². The van der Waals surface area contributed by atoms with Gasteiger partial charge in [0, 0.05) is 0 Å². The van der Waals surface area contributed by atoms with Crippen LogP contribution in [0.25, 0.3) is 0 Å². The van der Waals surface area contributed by atoms with Gasteiger partial charge in [0.2, 0.25) is 0 Å². The van der Waals surface area contributed by atoms with Crippen molar-refractivity contribution in [2.45, 2.75) is 6.23 Å². The zero-order valence-corrected chi connectivity index (χ0v) is 4.89. The fourth-order valence-corrected chi connectivity index (χ4v) is 0.593. The van der Waals surface area contributed by atoms with Gasteiger partial charge in [0.15, 0.2) is 6.23 Å². The molecule has 0 spiro atoms. The molecule has 3 heteroatoms. The van der Waals surface area contributed by atoms with E-state index in [1.807, 2.05) is 0 Å². The lowest BCUT2D eigenvalue weighted by Crippen LogP contribution is -2.25. The molecule has 1 heterocycles. The van der Waals surface area contributed by atoms with Gasteiger partial charge in [-0.15, -0.1) is 0 Å². The van der Waals surface area contributed by atoms with Gasteiger partial charge in [0.25, 0.3) is 0 Å². The second kappa shape index (κ2) is 2.20. The molecule has 44 valence electrons. The Hall–Kier alpha value is -0.470. The molecule has 1 atom stereocenters. The van der Waals surface area contributed by atoms with Crippen LogP contribution in [0.5, 0.6) is 0 Å². The van der Waals surface area contributed by atoms with E-state index in [1.165, 1.54) is 0 Å². The summed E-state index contributed by atoms with van der Waals surface area (Å²) in [6, 6.07) is 0. The number of dihydropyridines is 1. The van der Waals surface area contributed by atoms with E-state index in [0.717, 1.165) is 0 Å². The average molecular weight is 132 g/mol. The fraction of sp³-hybridized carbons (Fsp3) is 0.200. The molecule has 1 aliphatic rings. The Morgan fingerprint density at radius 1 is 1.75 bits per heavy atom. The largest absolute Gasteiger partial charge is 0.369 e. The third-order valence-electron chi connectivity index (χ3n) is 0.867. The van der Waals surface area contributed by atoms with Crippen LogP contribution >= 0.6 is 11.6 Å². The van der Waals surface area contributed by atoms with Crippen molar-refractivity contribution >= 4 is 11.6 Å². The van der Waals surface area contributed by atoms with Crippen molar-refractivity contribution in [2.75, 3.05) is 0 Å². The Kier molecular flexibility index (Phi) is 1.56. The SMILES string of the molecule is OC1NC=CC=C1Cl. The molecule has 0 aromatic heterocycles.